The lowest BCUT2D eigenvalue weighted by molar-refractivity contribution is -0.234. The van der Waals surface area contributed by atoms with Crippen LogP contribution in [0.15, 0.2) is 30.3 Å². The van der Waals surface area contributed by atoms with Crippen LogP contribution in [0.2, 0.25) is 0 Å². The molecule has 0 aliphatic carbocycles. The lowest BCUT2D eigenvalue weighted by Crippen LogP contribution is -2.50. The van der Waals surface area contributed by atoms with Gasteiger partial charge in [0.15, 0.2) is 29.6 Å². The SMILES string of the molecule is CC1(C)OCC([C@H]2O[C@@H]3OC(C)(C)OC34C(c3ccccc3)C(=O)OC24)O1. The maximum Gasteiger partial charge on any atom is 0.317 e. The summed E-state index contributed by atoms with van der Waals surface area (Å²) in [5.41, 5.74) is -0.229. The van der Waals surface area contributed by atoms with Crippen molar-refractivity contribution in [3.8, 4) is 0 Å². The highest BCUT2D eigenvalue weighted by molar-refractivity contribution is 5.83. The molecule has 1 aromatic rings. The fourth-order valence-corrected chi connectivity index (χ4v) is 4.74. The van der Waals surface area contributed by atoms with Gasteiger partial charge in [-0.1, -0.05) is 30.3 Å². The van der Waals surface area contributed by atoms with E-state index in [2.05, 4.69) is 0 Å². The van der Waals surface area contributed by atoms with Gasteiger partial charge in [-0.05, 0) is 33.3 Å². The molecule has 0 radical (unpaired) electrons. The van der Waals surface area contributed by atoms with E-state index in [9.17, 15) is 4.79 Å². The van der Waals surface area contributed by atoms with Crippen LogP contribution in [0.25, 0.3) is 0 Å². The summed E-state index contributed by atoms with van der Waals surface area (Å²) >= 11 is 0. The molecule has 1 spiro atoms. The fraction of sp³-hybridized carbons (Fsp3) is 0.650. The van der Waals surface area contributed by atoms with Gasteiger partial charge in [-0.15, -0.1) is 0 Å². The van der Waals surface area contributed by atoms with Crippen molar-refractivity contribution in [1.29, 1.82) is 0 Å². The topological polar surface area (TPSA) is 72.5 Å². The Kier molecular flexibility index (Phi) is 3.59. The van der Waals surface area contributed by atoms with Crippen molar-refractivity contribution in [1.82, 2.24) is 0 Å². The number of esters is 1. The molecule has 4 aliphatic heterocycles. The van der Waals surface area contributed by atoms with Crippen LogP contribution in [0.5, 0.6) is 0 Å². The third kappa shape index (κ3) is 2.49. The first kappa shape index (κ1) is 17.6. The quantitative estimate of drug-likeness (QED) is 0.732. The number of carbonyl (C=O) groups excluding carboxylic acids is 1. The highest BCUT2D eigenvalue weighted by Crippen LogP contribution is 2.58. The molecular weight excluding hydrogens is 352 g/mol. The standard InChI is InChI=1S/C20H24O7/c1-18(2)22-10-12(25-18)14-15-20(17(23-14)26-19(3,4)27-20)13(16(21)24-15)11-8-6-5-7-9-11/h5-9,12-15,17H,10H2,1-4H3/t12?,13?,14-,15?,17-,20?/m1/s1. The molecule has 1 aromatic carbocycles. The van der Waals surface area contributed by atoms with Gasteiger partial charge in [0.25, 0.3) is 0 Å². The summed E-state index contributed by atoms with van der Waals surface area (Å²) in [6.45, 7) is 7.69. The molecule has 7 nitrogen and oxygen atoms in total. The summed E-state index contributed by atoms with van der Waals surface area (Å²) in [6, 6.07) is 9.51. The van der Waals surface area contributed by atoms with Gasteiger partial charge in [-0.25, -0.2) is 0 Å². The van der Waals surface area contributed by atoms with Crippen molar-refractivity contribution in [2.24, 2.45) is 0 Å². The van der Waals surface area contributed by atoms with Gasteiger partial charge in [0, 0.05) is 0 Å². The summed E-state index contributed by atoms with van der Waals surface area (Å²) in [7, 11) is 0. The predicted octanol–water partition coefficient (Wildman–Crippen LogP) is 2.09. The number of hydrogen-bond donors (Lipinski definition) is 0. The lowest BCUT2D eigenvalue weighted by atomic mass is 9.79. The molecule has 6 atom stereocenters. The third-order valence-electron chi connectivity index (χ3n) is 5.67. The largest absolute Gasteiger partial charge is 0.456 e. The molecule has 5 rings (SSSR count). The van der Waals surface area contributed by atoms with E-state index < -0.39 is 41.6 Å². The van der Waals surface area contributed by atoms with Gasteiger partial charge >= 0.3 is 5.97 Å². The molecule has 0 bridgehead atoms. The zero-order chi connectivity index (χ0) is 19.0. The van der Waals surface area contributed by atoms with E-state index >= 15 is 0 Å². The van der Waals surface area contributed by atoms with E-state index in [1.165, 1.54) is 0 Å². The normalized spacial score (nSPS) is 44.1. The number of carbonyl (C=O) groups is 1. The Morgan fingerprint density at radius 2 is 1.74 bits per heavy atom. The zero-order valence-corrected chi connectivity index (χ0v) is 15.8. The molecule has 0 amide bonds. The van der Waals surface area contributed by atoms with Crippen LogP contribution in [0, 0.1) is 0 Å². The van der Waals surface area contributed by atoms with E-state index in [0.29, 0.717) is 6.61 Å². The zero-order valence-electron chi connectivity index (χ0n) is 15.8. The molecule has 0 N–H and O–H groups in total. The van der Waals surface area contributed by atoms with E-state index in [1.54, 1.807) is 0 Å². The maximum absolute atomic E-state index is 12.9. The Hall–Kier alpha value is -1.51. The van der Waals surface area contributed by atoms with Crippen LogP contribution in [0.3, 0.4) is 0 Å². The lowest BCUT2D eigenvalue weighted by Gasteiger charge is -2.31. The highest BCUT2D eigenvalue weighted by Gasteiger charge is 2.77. The van der Waals surface area contributed by atoms with Crippen LogP contribution in [0.4, 0.5) is 0 Å². The second kappa shape index (κ2) is 5.52. The third-order valence-corrected chi connectivity index (χ3v) is 5.67. The number of rotatable bonds is 2. The Morgan fingerprint density at radius 1 is 1.00 bits per heavy atom. The Labute approximate surface area is 157 Å². The molecule has 27 heavy (non-hydrogen) atoms. The van der Waals surface area contributed by atoms with E-state index in [-0.39, 0.29) is 12.1 Å². The molecule has 4 fully saturated rings. The van der Waals surface area contributed by atoms with Crippen LogP contribution in [0.1, 0.15) is 39.2 Å². The summed E-state index contributed by atoms with van der Waals surface area (Å²) in [5, 5.41) is 0. The molecular formula is C20H24O7. The van der Waals surface area contributed by atoms with Crippen LogP contribution in [-0.4, -0.2) is 54.4 Å². The number of benzene rings is 1. The molecule has 4 heterocycles. The van der Waals surface area contributed by atoms with Crippen LogP contribution < -0.4 is 0 Å². The summed E-state index contributed by atoms with van der Waals surface area (Å²) < 4.78 is 36.2. The minimum absolute atomic E-state index is 0.330. The molecule has 7 heteroatoms. The van der Waals surface area contributed by atoms with Gasteiger partial charge < -0.3 is 28.4 Å². The Balaban J connectivity index is 1.56. The predicted molar refractivity (Wildman–Crippen MR) is 91.6 cm³/mol. The molecule has 0 aromatic heterocycles. The second-order valence-electron chi connectivity index (χ2n) is 8.47. The minimum atomic E-state index is -1.05. The molecule has 4 unspecified atom stereocenters. The monoisotopic (exact) mass is 376 g/mol. The van der Waals surface area contributed by atoms with Gasteiger partial charge in [-0.2, -0.15) is 0 Å². The summed E-state index contributed by atoms with van der Waals surface area (Å²) in [4.78, 5) is 12.9. The average Bonchev–Trinajstić information content (AvgIpc) is 3.23. The van der Waals surface area contributed by atoms with Crippen LogP contribution in [-0.2, 0) is 33.2 Å². The smallest absolute Gasteiger partial charge is 0.317 e. The maximum atomic E-state index is 12.9. The first-order valence-corrected chi connectivity index (χ1v) is 9.33. The van der Waals surface area contributed by atoms with E-state index in [1.807, 2.05) is 58.0 Å². The van der Waals surface area contributed by atoms with Crippen molar-refractivity contribution in [3.05, 3.63) is 35.9 Å². The van der Waals surface area contributed by atoms with E-state index in [4.69, 9.17) is 28.4 Å². The first-order valence-electron chi connectivity index (χ1n) is 9.33. The number of ether oxygens (including phenoxy) is 6. The van der Waals surface area contributed by atoms with Gasteiger partial charge in [-0.3, -0.25) is 4.79 Å². The average molecular weight is 376 g/mol. The Morgan fingerprint density at radius 3 is 2.41 bits per heavy atom. The second-order valence-corrected chi connectivity index (χ2v) is 8.47. The number of hydrogen-bond acceptors (Lipinski definition) is 7. The van der Waals surface area contributed by atoms with Crippen LogP contribution >= 0.6 is 0 Å². The van der Waals surface area contributed by atoms with Crippen molar-refractivity contribution in [2.75, 3.05) is 6.61 Å². The highest BCUT2D eigenvalue weighted by atomic mass is 16.9. The minimum Gasteiger partial charge on any atom is -0.456 e. The molecule has 4 saturated heterocycles. The van der Waals surface area contributed by atoms with Gasteiger partial charge in [0.05, 0.1) is 6.61 Å². The Bertz CT molecular complexity index is 761. The summed E-state index contributed by atoms with van der Waals surface area (Å²) in [6.07, 6.45) is -2.26. The molecule has 0 saturated carbocycles. The fourth-order valence-electron chi connectivity index (χ4n) is 4.74. The molecule has 4 aliphatic rings. The van der Waals surface area contributed by atoms with Crippen molar-refractivity contribution in [2.45, 2.75) is 75.4 Å². The first-order chi connectivity index (χ1) is 12.7. The summed E-state index contributed by atoms with van der Waals surface area (Å²) in [5.74, 6) is -2.55. The van der Waals surface area contributed by atoms with Crippen molar-refractivity contribution < 1.29 is 33.2 Å². The van der Waals surface area contributed by atoms with Gasteiger partial charge in [0.1, 0.15) is 18.1 Å². The molecule has 146 valence electrons. The van der Waals surface area contributed by atoms with Crippen molar-refractivity contribution in [3.63, 3.8) is 0 Å². The van der Waals surface area contributed by atoms with E-state index in [0.717, 1.165) is 5.56 Å². The van der Waals surface area contributed by atoms with Gasteiger partial charge in [0.2, 0.25) is 0 Å². The van der Waals surface area contributed by atoms with Crippen molar-refractivity contribution >= 4 is 5.97 Å².